The van der Waals surface area contributed by atoms with Crippen LogP contribution in [0.15, 0.2) is 42.6 Å². The van der Waals surface area contributed by atoms with Crippen molar-refractivity contribution in [3.8, 4) is 5.88 Å². The van der Waals surface area contributed by atoms with Crippen LogP contribution < -0.4 is 4.74 Å². The van der Waals surface area contributed by atoms with Gasteiger partial charge in [0.25, 0.3) is 5.91 Å². The van der Waals surface area contributed by atoms with E-state index in [1.54, 1.807) is 18.3 Å². The molecule has 1 aromatic heterocycles. The predicted octanol–water partition coefficient (Wildman–Crippen LogP) is 2.68. The van der Waals surface area contributed by atoms with Gasteiger partial charge in [-0.2, -0.15) is 0 Å². The Balaban J connectivity index is 1.84. The van der Waals surface area contributed by atoms with E-state index in [4.69, 9.17) is 4.74 Å². The van der Waals surface area contributed by atoms with E-state index >= 15 is 0 Å². The monoisotopic (exact) mass is 282 g/mol. The van der Waals surface area contributed by atoms with Crippen molar-refractivity contribution < 1.29 is 9.53 Å². The number of amides is 1. The Morgan fingerprint density at radius 2 is 2.05 bits per heavy atom. The van der Waals surface area contributed by atoms with Crippen molar-refractivity contribution in [2.45, 2.75) is 19.9 Å². The zero-order chi connectivity index (χ0) is 14.7. The lowest BCUT2D eigenvalue weighted by atomic mass is 9.99. The molecule has 2 heterocycles. The number of carbonyl (C=O) groups excluding carboxylic acids is 1. The van der Waals surface area contributed by atoms with Gasteiger partial charge in [0.1, 0.15) is 5.56 Å². The van der Waals surface area contributed by atoms with Crippen molar-refractivity contribution in [2.75, 3.05) is 13.2 Å². The van der Waals surface area contributed by atoms with Gasteiger partial charge in [-0.25, -0.2) is 4.98 Å². The first-order chi connectivity index (χ1) is 10.3. The molecule has 4 nitrogen and oxygen atoms in total. The van der Waals surface area contributed by atoms with Crippen LogP contribution in [-0.2, 0) is 13.0 Å². The summed E-state index contributed by atoms with van der Waals surface area (Å²) in [5.41, 5.74) is 3.09. The third kappa shape index (κ3) is 2.75. The van der Waals surface area contributed by atoms with Crippen LogP contribution in [0.5, 0.6) is 5.88 Å². The lowest BCUT2D eigenvalue weighted by Gasteiger charge is -2.29. The molecule has 2 aromatic rings. The third-order valence-electron chi connectivity index (χ3n) is 3.70. The van der Waals surface area contributed by atoms with Crippen LogP contribution in [0.1, 0.15) is 28.4 Å². The normalized spacial score (nSPS) is 13.7. The number of rotatable bonds is 3. The molecule has 0 unspecified atom stereocenters. The first-order valence-electron chi connectivity index (χ1n) is 7.23. The average molecular weight is 282 g/mol. The van der Waals surface area contributed by atoms with E-state index in [-0.39, 0.29) is 5.91 Å². The Morgan fingerprint density at radius 3 is 2.86 bits per heavy atom. The van der Waals surface area contributed by atoms with Crippen LogP contribution in [0, 0.1) is 0 Å². The molecule has 1 aliphatic rings. The fourth-order valence-electron chi connectivity index (χ4n) is 2.64. The van der Waals surface area contributed by atoms with Crippen LogP contribution in [0.2, 0.25) is 0 Å². The summed E-state index contributed by atoms with van der Waals surface area (Å²) in [5, 5.41) is 0. The van der Waals surface area contributed by atoms with Crippen molar-refractivity contribution in [2.24, 2.45) is 0 Å². The van der Waals surface area contributed by atoms with Gasteiger partial charge in [-0.15, -0.1) is 0 Å². The Kier molecular flexibility index (Phi) is 3.86. The van der Waals surface area contributed by atoms with Crippen LogP contribution in [0.25, 0.3) is 0 Å². The molecule has 0 bridgehead atoms. The van der Waals surface area contributed by atoms with Gasteiger partial charge in [0, 0.05) is 19.3 Å². The number of fused-ring (bicyclic) bond motifs is 1. The minimum Gasteiger partial charge on any atom is -0.477 e. The average Bonchev–Trinajstić information content (AvgIpc) is 2.54. The van der Waals surface area contributed by atoms with E-state index < -0.39 is 0 Å². The molecule has 4 heteroatoms. The number of hydrogen-bond acceptors (Lipinski definition) is 3. The maximum absolute atomic E-state index is 12.7. The first kappa shape index (κ1) is 13.6. The van der Waals surface area contributed by atoms with Crippen LogP contribution >= 0.6 is 0 Å². The zero-order valence-corrected chi connectivity index (χ0v) is 12.1. The van der Waals surface area contributed by atoms with Gasteiger partial charge in [0.15, 0.2) is 0 Å². The van der Waals surface area contributed by atoms with Gasteiger partial charge in [0.05, 0.1) is 6.61 Å². The molecule has 0 radical (unpaired) electrons. The van der Waals surface area contributed by atoms with Crippen molar-refractivity contribution in [1.82, 2.24) is 9.88 Å². The van der Waals surface area contributed by atoms with Crippen LogP contribution in [0.4, 0.5) is 0 Å². The first-order valence-corrected chi connectivity index (χ1v) is 7.23. The molecule has 108 valence electrons. The summed E-state index contributed by atoms with van der Waals surface area (Å²) in [5.74, 6) is 0.407. The van der Waals surface area contributed by atoms with Gasteiger partial charge in [-0.1, -0.05) is 24.3 Å². The van der Waals surface area contributed by atoms with Gasteiger partial charge in [0.2, 0.25) is 5.88 Å². The zero-order valence-electron chi connectivity index (χ0n) is 12.1. The molecule has 3 rings (SSSR count). The summed E-state index contributed by atoms with van der Waals surface area (Å²) in [6.45, 7) is 3.77. The van der Waals surface area contributed by atoms with Gasteiger partial charge >= 0.3 is 0 Å². The molecule has 0 atom stereocenters. The molecular weight excluding hydrogens is 264 g/mol. The van der Waals surface area contributed by atoms with E-state index in [1.165, 1.54) is 11.1 Å². The lowest BCUT2D eigenvalue weighted by molar-refractivity contribution is 0.0729. The maximum Gasteiger partial charge on any atom is 0.259 e. The fourth-order valence-corrected chi connectivity index (χ4v) is 2.64. The highest BCUT2D eigenvalue weighted by Gasteiger charge is 2.24. The molecule has 0 saturated heterocycles. The number of carbonyl (C=O) groups is 1. The largest absolute Gasteiger partial charge is 0.477 e. The molecule has 0 saturated carbocycles. The summed E-state index contributed by atoms with van der Waals surface area (Å²) in [4.78, 5) is 18.7. The molecule has 0 aliphatic carbocycles. The highest BCUT2D eigenvalue weighted by atomic mass is 16.5. The minimum atomic E-state index is -0.0129. The van der Waals surface area contributed by atoms with E-state index in [2.05, 4.69) is 17.1 Å². The van der Waals surface area contributed by atoms with Crippen molar-refractivity contribution in [3.05, 3.63) is 59.3 Å². The van der Waals surface area contributed by atoms with E-state index in [0.717, 1.165) is 13.0 Å². The molecular formula is C17H18N2O2. The Labute approximate surface area is 124 Å². The van der Waals surface area contributed by atoms with E-state index in [1.807, 2.05) is 24.0 Å². The van der Waals surface area contributed by atoms with Crippen LogP contribution in [-0.4, -0.2) is 28.9 Å². The Morgan fingerprint density at radius 1 is 1.24 bits per heavy atom. The minimum absolute atomic E-state index is 0.0129. The second-order valence-corrected chi connectivity index (χ2v) is 5.03. The van der Waals surface area contributed by atoms with Gasteiger partial charge < -0.3 is 9.64 Å². The highest BCUT2D eigenvalue weighted by molar-refractivity contribution is 5.96. The van der Waals surface area contributed by atoms with E-state index in [0.29, 0.717) is 24.6 Å². The SMILES string of the molecule is CCOc1ncccc1C(=O)N1CCc2ccccc2C1. The van der Waals surface area contributed by atoms with Crippen molar-refractivity contribution in [1.29, 1.82) is 0 Å². The Bertz CT molecular complexity index is 655. The summed E-state index contributed by atoms with van der Waals surface area (Å²) < 4.78 is 5.46. The molecule has 0 N–H and O–H groups in total. The highest BCUT2D eigenvalue weighted by Crippen LogP contribution is 2.23. The Hall–Kier alpha value is -2.36. The molecule has 1 aliphatic heterocycles. The number of nitrogens with zero attached hydrogens (tertiary/aromatic N) is 2. The van der Waals surface area contributed by atoms with Crippen molar-refractivity contribution >= 4 is 5.91 Å². The molecule has 21 heavy (non-hydrogen) atoms. The quantitative estimate of drug-likeness (QED) is 0.869. The molecule has 0 spiro atoms. The maximum atomic E-state index is 12.7. The molecule has 1 amide bonds. The van der Waals surface area contributed by atoms with Crippen molar-refractivity contribution in [3.63, 3.8) is 0 Å². The standard InChI is InChI=1S/C17H18N2O2/c1-2-21-16-15(8-5-10-18-16)17(20)19-11-9-13-6-3-4-7-14(13)12-19/h3-8,10H,2,9,11-12H2,1H3. The van der Waals surface area contributed by atoms with Gasteiger partial charge in [-0.3, -0.25) is 4.79 Å². The smallest absolute Gasteiger partial charge is 0.259 e. The number of hydrogen-bond donors (Lipinski definition) is 0. The predicted molar refractivity (Wildman–Crippen MR) is 80.3 cm³/mol. The number of pyridine rings is 1. The molecule has 0 fully saturated rings. The summed E-state index contributed by atoms with van der Waals surface area (Å²) in [6, 6.07) is 11.8. The van der Waals surface area contributed by atoms with Crippen LogP contribution in [0.3, 0.4) is 0 Å². The summed E-state index contributed by atoms with van der Waals surface area (Å²) >= 11 is 0. The summed E-state index contributed by atoms with van der Waals surface area (Å²) in [7, 11) is 0. The topological polar surface area (TPSA) is 42.4 Å². The third-order valence-corrected chi connectivity index (χ3v) is 3.70. The lowest BCUT2D eigenvalue weighted by Crippen LogP contribution is -2.36. The summed E-state index contributed by atoms with van der Waals surface area (Å²) in [6.07, 6.45) is 2.54. The van der Waals surface area contributed by atoms with Gasteiger partial charge in [-0.05, 0) is 36.6 Å². The van der Waals surface area contributed by atoms with E-state index in [9.17, 15) is 4.79 Å². The second kappa shape index (κ2) is 5.95. The molecule has 1 aromatic carbocycles. The number of ether oxygens (including phenoxy) is 1. The second-order valence-electron chi connectivity index (χ2n) is 5.03. The fraction of sp³-hybridized carbons (Fsp3) is 0.294. The number of aromatic nitrogens is 1. The number of benzene rings is 1.